The van der Waals surface area contributed by atoms with Gasteiger partial charge in [0.2, 0.25) is 5.95 Å². The zero-order valence-electron chi connectivity index (χ0n) is 14.5. The van der Waals surface area contributed by atoms with Crippen LogP contribution in [0.4, 0.5) is 30.6 Å². The summed E-state index contributed by atoms with van der Waals surface area (Å²) in [6.45, 7) is 0.645. The molecule has 2 N–H and O–H groups in total. The molecule has 0 saturated heterocycles. The SMILES string of the molecule is FC(F)(F)c1cc(Cl)ccc1Nc1cnnc(NCCC2=CCCCC2)n1. The minimum Gasteiger partial charge on any atom is -0.353 e. The Morgan fingerprint density at radius 1 is 1.19 bits per heavy atom. The second-order valence-electron chi connectivity index (χ2n) is 6.26. The molecule has 0 radical (unpaired) electrons. The highest BCUT2D eigenvalue weighted by Crippen LogP contribution is 2.37. The number of hydrogen-bond donors (Lipinski definition) is 2. The van der Waals surface area contributed by atoms with Gasteiger partial charge in [-0.15, -0.1) is 5.10 Å². The number of nitrogens with zero attached hydrogens (tertiary/aromatic N) is 3. The molecule has 2 aromatic rings. The van der Waals surface area contributed by atoms with E-state index in [-0.39, 0.29) is 22.5 Å². The van der Waals surface area contributed by atoms with E-state index < -0.39 is 11.7 Å². The van der Waals surface area contributed by atoms with E-state index >= 15 is 0 Å². The first kappa shape index (κ1) is 19.4. The van der Waals surface area contributed by atoms with Crippen LogP contribution in [0.25, 0.3) is 0 Å². The van der Waals surface area contributed by atoms with Crippen molar-refractivity contribution in [1.82, 2.24) is 15.2 Å². The molecular formula is C18H19ClF3N5. The van der Waals surface area contributed by atoms with Crippen LogP contribution in [0.15, 0.2) is 36.0 Å². The molecule has 3 rings (SSSR count). The van der Waals surface area contributed by atoms with Gasteiger partial charge in [-0.05, 0) is 50.3 Å². The van der Waals surface area contributed by atoms with E-state index in [1.54, 1.807) is 0 Å². The number of allylic oxidation sites excluding steroid dienone is 1. The predicted octanol–water partition coefficient (Wildman–Crippen LogP) is 5.59. The van der Waals surface area contributed by atoms with Gasteiger partial charge in [-0.1, -0.05) is 23.3 Å². The van der Waals surface area contributed by atoms with Crippen LogP contribution in [-0.4, -0.2) is 21.7 Å². The first-order valence-electron chi connectivity index (χ1n) is 8.67. The Bertz CT molecular complexity index is 823. The number of benzene rings is 1. The topological polar surface area (TPSA) is 62.7 Å². The normalized spacial score (nSPS) is 14.6. The highest BCUT2D eigenvalue weighted by Gasteiger charge is 2.34. The Kier molecular flexibility index (Phi) is 6.15. The van der Waals surface area contributed by atoms with Crippen molar-refractivity contribution in [1.29, 1.82) is 0 Å². The molecule has 1 aliphatic rings. The van der Waals surface area contributed by atoms with Crippen molar-refractivity contribution in [2.75, 3.05) is 17.2 Å². The smallest absolute Gasteiger partial charge is 0.353 e. The molecule has 9 heteroatoms. The molecule has 0 bridgehead atoms. The van der Waals surface area contributed by atoms with E-state index in [2.05, 4.69) is 31.9 Å². The third kappa shape index (κ3) is 5.56. The van der Waals surface area contributed by atoms with Gasteiger partial charge in [0.15, 0.2) is 5.82 Å². The Balaban J connectivity index is 1.66. The van der Waals surface area contributed by atoms with Gasteiger partial charge >= 0.3 is 6.18 Å². The average molecular weight is 398 g/mol. The first-order valence-corrected chi connectivity index (χ1v) is 9.05. The second-order valence-corrected chi connectivity index (χ2v) is 6.70. The lowest BCUT2D eigenvalue weighted by Crippen LogP contribution is -2.11. The summed E-state index contributed by atoms with van der Waals surface area (Å²) >= 11 is 5.69. The number of aromatic nitrogens is 3. The maximum Gasteiger partial charge on any atom is 0.418 e. The van der Waals surface area contributed by atoms with Crippen molar-refractivity contribution < 1.29 is 13.2 Å². The molecule has 1 heterocycles. The number of alkyl halides is 3. The maximum atomic E-state index is 13.2. The molecule has 0 atom stereocenters. The van der Waals surface area contributed by atoms with Gasteiger partial charge in [0.25, 0.3) is 0 Å². The molecule has 0 amide bonds. The monoisotopic (exact) mass is 397 g/mol. The van der Waals surface area contributed by atoms with Gasteiger partial charge in [0.1, 0.15) is 0 Å². The second kappa shape index (κ2) is 8.56. The van der Waals surface area contributed by atoms with Crippen LogP contribution in [-0.2, 0) is 6.18 Å². The van der Waals surface area contributed by atoms with E-state index in [9.17, 15) is 13.2 Å². The first-order chi connectivity index (χ1) is 12.9. The summed E-state index contributed by atoms with van der Waals surface area (Å²) in [6.07, 6.45) is 4.56. The lowest BCUT2D eigenvalue weighted by Gasteiger charge is -2.15. The minimum atomic E-state index is -4.54. The van der Waals surface area contributed by atoms with Gasteiger partial charge in [0.05, 0.1) is 17.4 Å². The van der Waals surface area contributed by atoms with Gasteiger partial charge in [-0.3, -0.25) is 0 Å². The summed E-state index contributed by atoms with van der Waals surface area (Å²) in [5, 5.41) is 13.4. The van der Waals surface area contributed by atoms with Crippen molar-refractivity contribution in [3.63, 3.8) is 0 Å². The summed E-state index contributed by atoms with van der Waals surface area (Å²) in [6, 6.07) is 3.51. The summed E-state index contributed by atoms with van der Waals surface area (Å²) in [5.74, 6) is 0.427. The summed E-state index contributed by atoms with van der Waals surface area (Å²) in [5.41, 5.74) is 0.394. The molecule has 0 spiro atoms. The molecule has 0 aliphatic heterocycles. The van der Waals surface area contributed by atoms with Crippen molar-refractivity contribution in [2.45, 2.75) is 38.3 Å². The van der Waals surface area contributed by atoms with Crippen molar-refractivity contribution in [3.05, 3.63) is 46.6 Å². The van der Waals surface area contributed by atoms with Crippen molar-refractivity contribution in [2.24, 2.45) is 0 Å². The molecule has 1 aromatic heterocycles. The molecule has 0 fully saturated rings. The lowest BCUT2D eigenvalue weighted by molar-refractivity contribution is -0.136. The van der Waals surface area contributed by atoms with E-state index in [1.807, 2.05) is 0 Å². The molecule has 0 saturated carbocycles. The third-order valence-corrected chi connectivity index (χ3v) is 4.46. The molecule has 144 valence electrons. The van der Waals surface area contributed by atoms with Gasteiger partial charge < -0.3 is 10.6 Å². The Labute approximate surface area is 160 Å². The molecule has 1 aliphatic carbocycles. The Morgan fingerprint density at radius 2 is 2.04 bits per heavy atom. The van der Waals surface area contributed by atoms with Crippen LogP contribution >= 0.6 is 11.6 Å². The van der Waals surface area contributed by atoms with Crippen molar-refractivity contribution >= 4 is 29.1 Å². The zero-order valence-corrected chi connectivity index (χ0v) is 15.2. The van der Waals surface area contributed by atoms with Crippen LogP contribution in [0, 0.1) is 0 Å². The quantitative estimate of drug-likeness (QED) is 0.622. The standard InChI is InChI=1S/C18H19ClF3N5/c19-13-6-7-15(14(10-13)18(20,21)22)25-16-11-24-27-17(26-16)23-9-8-12-4-2-1-3-5-12/h4,6-7,10-11H,1-3,5,8-9H2,(H2,23,25,26,27). The predicted molar refractivity (Wildman–Crippen MR) is 99.2 cm³/mol. The van der Waals surface area contributed by atoms with Crippen LogP contribution in [0.2, 0.25) is 5.02 Å². The van der Waals surface area contributed by atoms with E-state index in [1.165, 1.54) is 36.7 Å². The summed E-state index contributed by atoms with van der Waals surface area (Å²) in [7, 11) is 0. The number of rotatable bonds is 6. The van der Waals surface area contributed by atoms with E-state index in [0.717, 1.165) is 25.3 Å². The highest BCUT2D eigenvalue weighted by atomic mass is 35.5. The van der Waals surface area contributed by atoms with Crippen LogP contribution < -0.4 is 10.6 Å². The molecule has 1 aromatic carbocycles. The Morgan fingerprint density at radius 3 is 2.78 bits per heavy atom. The molecule has 5 nitrogen and oxygen atoms in total. The van der Waals surface area contributed by atoms with Crippen molar-refractivity contribution in [3.8, 4) is 0 Å². The van der Waals surface area contributed by atoms with Gasteiger partial charge in [0, 0.05) is 11.6 Å². The van der Waals surface area contributed by atoms with Gasteiger partial charge in [-0.2, -0.15) is 23.3 Å². The largest absolute Gasteiger partial charge is 0.418 e. The zero-order chi connectivity index (χ0) is 19.3. The Hall–Kier alpha value is -2.35. The van der Waals surface area contributed by atoms with Crippen LogP contribution in [0.1, 0.15) is 37.7 Å². The number of hydrogen-bond acceptors (Lipinski definition) is 5. The lowest BCUT2D eigenvalue weighted by atomic mass is 9.97. The molecule has 27 heavy (non-hydrogen) atoms. The number of anilines is 3. The van der Waals surface area contributed by atoms with Crippen LogP contribution in [0.5, 0.6) is 0 Å². The molecule has 0 unspecified atom stereocenters. The summed E-state index contributed by atoms with van der Waals surface area (Å²) in [4.78, 5) is 4.18. The maximum absolute atomic E-state index is 13.2. The van der Waals surface area contributed by atoms with E-state index in [0.29, 0.717) is 6.54 Å². The average Bonchev–Trinajstić information content (AvgIpc) is 2.64. The number of nitrogens with one attached hydrogen (secondary N) is 2. The third-order valence-electron chi connectivity index (χ3n) is 4.22. The summed E-state index contributed by atoms with van der Waals surface area (Å²) < 4.78 is 39.6. The fraction of sp³-hybridized carbons (Fsp3) is 0.389. The number of halogens is 4. The highest BCUT2D eigenvalue weighted by molar-refractivity contribution is 6.30. The fourth-order valence-corrected chi connectivity index (χ4v) is 3.08. The fourth-order valence-electron chi connectivity index (χ4n) is 2.90. The minimum absolute atomic E-state index is 0.00746. The molecular weight excluding hydrogens is 379 g/mol. The van der Waals surface area contributed by atoms with Crippen LogP contribution in [0.3, 0.4) is 0 Å². The van der Waals surface area contributed by atoms with Gasteiger partial charge in [-0.25, -0.2) is 0 Å². The van der Waals surface area contributed by atoms with E-state index in [4.69, 9.17) is 11.6 Å².